The highest BCUT2D eigenvalue weighted by molar-refractivity contribution is 5.95. The molecule has 2 amide bonds. The zero-order chi connectivity index (χ0) is 22.4. The molecular formula is C23H25N3O5. The summed E-state index contributed by atoms with van der Waals surface area (Å²) < 4.78 is 11.4. The average molecular weight is 423 g/mol. The first-order chi connectivity index (χ1) is 14.8. The molecule has 0 aliphatic heterocycles. The average Bonchev–Trinajstić information content (AvgIpc) is 3.17. The van der Waals surface area contributed by atoms with Crippen LogP contribution >= 0.6 is 0 Å². The van der Waals surface area contributed by atoms with Crippen molar-refractivity contribution >= 4 is 28.4 Å². The number of nitrogens with zero attached hydrogens (tertiary/aromatic N) is 2. The minimum Gasteiger partial charge on any atom is -0.492 e. The number of furan rings is 1. The Morgan fingerprint density at radius 1 is 1.13 bits per heavy atom. The van der Waals surface area contributed by atoms with Gasteiger partial charge in [0, 0.05) is 29.1 Å². The van der Waals surface area contributed by atoms with Gasteiger partial charge in [0.25, 0.3) is 5.91 Å². The summed E-state index contributed by atoms with van der Waals surface area (Å²) in [5.41, 5.74) is 6.94. The Balaban J connectivity index is 1.64. The molecule has 1 heterocycles. The number of hydrogen-bond acceptors (Lipinski definition) is 6. The number of primary amides is 1. The van der Waals surface area contributed by atoms with E-state index in [9.17, 15) is 14.8 Å². The van der Waals surface area contributed by atoms with Crippen LogP contribution in [0.25, 0.3) is 16.5 Å². The lowest BCUT2D eigenvalue weighted by Crippen LogP contribution is -2.30. The van der Waals surface area contributed by atoms with Gasteiger partial charge in [-0.1, -0.05) is 18.2 Å². The lowest BCUT2D eigenvalue weighted by molar-refractivity contribution is -0.160. The predicted octanol–water partition coefficient (Wildman–Crippen LogP) is 2.77. The zero-order valence-electron chi connectivity index (χ0n) is 17.4. The summed E-state index contributed by atoms with van der Waals surface area (Å²) in [6.07, 6.45) is 1.36. The van der Waals surface area contributed by atoms with Crippen LogP contribution in [0.4, 0.5) is 0 Å². The Kier molecular flexibility index (Phi) is 7.07. The quantitative estimate of drug-likeness (QED) is 0.311. The number of hydroxylamine groups is 2. The second-order valence-electron chi connectivity index (χ2n) is 7.25. The van der Waals surface area contributed by atoms with Crippen LogP contribution in [-0.2, 0) is 4.79 Å². The van der Waals surface area contributed by atoms with Gasteiger partial charge in [-0.05, 0) is 50.5 Å². The van der Waals surface area contributed by atoms with Gasteiger partial charge in [-0.3, -0.25) is 14.8 Å². The molecule has 0 spiro atoms. The molecule has 0 fully saturated rings. The van der Waals surface area contributed by atoms with Gasteiger partial charge >= 0.3 is 0 Å². The molecule has 0 saturated carbocycles. The fourth-order valence-corrected chi connectivity index (χ4v) is 2.97. The monoisotopic (exact) mass is 423 g/mol. The van der Waals surface area contributed by atoms with Gasteiger partial charge in [0.1, 0.15) is 23.7 Å². The topological polar surface area (TPSA) is 109 Å². The number of para-hydroxylation sites is 1. The molecule has 0 saturated heterocycles. The van der Waals surface area contributed by atoms with Crippen molar-refractivity contribution in [2.45, 2.75) is 0 Å². The van der Waals surface area contributed by atoms with E-state index in [-0.39, 0.29) is 13.2 Å². The van der Waals surface area contributed by atoms with E-state index in [2.05, 4.69) is 0 Å². The van der Waals surface area contributed by atoms with Crippen LogP contribution in [0.3, 0.4) is 0 Å². The van der Waals surface area contributed by atoms with E-state index in [0.717, 1.165) is 11.0 Å². The minimum absolute atomic E-state index is 0.0394. The van der Waals surface area contributed by atoms with Gasteiger partial charge in [0.2, 0.25) is 5.91 Å². The molecular weight excluding hydrogens is 398 g/mol. The van der Waals surface area contributed by atoms with Crippen molar-refractivity contribution in [1.82, 2.24) is 9.96 Å². The van der Waals surface area contributed by atoms with Gasteiger partial charge in [-0.2, -0.15) is 0 Å². The molecule has 0 aliphatic rings. The number of hydrogen-bond donors (Lipinski definition) is 2. The first-order valence-corrected chi connectivity index (χ1v) is 9.71. The maximum absolute atomic E-state index is 12.5. The lowest BCUT2D eigenvalue weighted by atomic mass is 10.1. The van der Waals surface area contributed by atoms with E-state index in [1.165, 1.54) is 6.08 Å². The fraction of sp³-hybridized carbons (Fsp3) is 0.217. The highest BCUT2D eigenvalue weighted by Gasteiger charge is 2.15. The molecule has 31 heavy (non-hydrogen) atoms. The highest BCUT2D eigenvalue weighted by atomic mass is 16.5. The molecule has 0 radical (unpaired) electrons. The molecule has 3 N–H and O–H groups in total. The molecule has 0 aliphatic carbocycles. The summed E-state index contributed by atoms with van der Waals surface area (Å²) in [5.74, 6) is -0.0344. The number of carbonyl (C=O) groups excluding carboxylic acids is 2. The first kappa shape index (κ1) is 22.1. The summed E-state index contributed by atoms with van der Waals surface area (Å²) in [6, 6.07) is 15.8. The molecule has 0 unspecified atom stereocenters. The van der Waals surface area contributed by atoms with Gasteiger partial charge < -0.3 is 19.8 Å². The van der Waals surface area contributed by atoms with Crippen molar-refractivity contribution in [3.63, 3.8) is 0 Å². The minimum atomic E-state index is -0.579. The van der Waals surface area contributed by atoms with E-state index >= 15 is 0 Å². The van der Waals surface area contributed by atoms with Crippen molar-refractivity contribution in [1.29, 1.82) is 0 Å². The lowest BCUT2D eigenvalue weighted by Gasteiger charge is -2.16. The molecule has 162 valence electrons. The third-order valence-electron chi connectivity index (χ3n) is 4.49. The van der Waals surface area contributed by atoms with Gasteiger partial charge in [0.15, 0.2) is 0 Å². The molecule has 3 rings (SSSR count). The first-order valence-electron chi connectivity index (χ1n) is 9.71. The standard InChI is InChI=1S/C23H25N3O5/c1-25(2)15-18(21-13-17-5-3-4-6-20(17)31-21)14-22(27)26(29)11-12-30-19-9-7-16(8-10-19)23(24)28/h3-10,13-14,29H,11-12,15H2,1-2H3,(H2,24,28)/b18-14+. The number of amides is 2. The number of likely N-dealkylation sites (N-methyl/N-ethyl adjacent to an activating group) is 1. The van der Waals surface area contributed by atoms with Crippen LogP contribution in [0.2, 0.25) is 0 Å². The van der Waals surface area contributed by atoms with E-state index in [1.54, 1.807) is 24.3 Å². The molecule has 8 nitrogen and oxygen atoms in total. The maximum Gasteiger partial charge on any atom is 0.270 e. The smallest absolute Gasteiger partial charge is 0.270 e. The Morgan fingerprint density at radius 3 is 2.48 bits per heavy atom. The van der Waals surface area contributed by atoms with Crippen LogP contribution in [0.15, 0.2) is 65.1 Å². The van der Waals surface area contributed by atoms with E-state index < -0.39 is 11.8 Å². The molecule has 3 aromatic rings. The fourth-order valence-electron chi connectivity index (χ4n) is 2.97. The Hall–Kier alpha value is -3.62. The van der Waals surface area contributed by atoms with Crippen molar-refractivity contribution in [3.05, 3.63) is 72.0 Å². The van der Waals surface area contributed by atoms with Crippen LogP contribution in [0.1, 0.15) is 16.1 Å². The van der Waals surface area contributed by atoms with Crippen LogP contribution < -0.4 is 10.5 Å². The van der Waals surface area contributed by atoms with E-state index in [1.807, 2.05) is 49.3 Å². The normalized spacial score (nSPS) is 11.7. The zero-order valence-corrected chi connectivity index (χ0v) is 17.4. The van der Waals surface area contributed by atoms with Crippen molar-refractivity contribution in [2.24, 2.45) is 5.73 Å². The molecule has 0 bridgehead atoms. The molecule has 1 aromatic heterocycles. The van der Waals surface area contributed by atoms with Gasteiger partial charge in [-0.25, -0.2) is 5.06 Å². The summed E-state index contributed by atoms with van der Waals surface area (Å²) in [5, 5.41) is 11.7. The summed E-state index contributed by atoms with van der Waals surface area (Å²) in [6.45, 7) is 0.490. The Labute approximate surface area is 180 Å². The Morgan fingerprint density at radius 2 is 1.84 bits per heavy atom. The predicted molar refractivity (Wildman–Crippen MR) is 117 cm³/mol. The van der Waals surface area contributed by atoms with Crippen LogP contribution in [0, 0.1) is 0 Å². The molecule has 2 aromatic carbocycles. The maximum atomic E-state index is 12.5. The molecule has 8 heteroatoms. The Bertz CT molecular complexity index is 1050. The second kappa shape index (κ2) is 9.92. The number of benzene rings is 2. The van der Waals surface area contributed by atoms with Crippen LogP contribution in [0.5, 0.6) is 5.75 Å². The number of rotatable bonds is 9. The summed E-state index contributed by atoms with van der Waals surface area (Å²) >= 11 is 0. The van der Waals surface area contributed by atoms with Gasteiger partial charge in [-0.15, -0.1) is 0 Å². The number of carbonyl (C=O) groups is 2. The van der Waals surface area contributed by atoms with E-state index in [0.29, 0.717) is 34.3 Å². The third-order valence-corrected chi connectivity index (χ3v) is 4.49. The van der Waals surface area contributed by atoms with Gasteiger partial charge in [0.05, 0.1) is 6.54 Å². The van der Waals surface area contributed by atoms with Crippen molar-refractivity contribution < 1.29 is 24.0 Å². The van der Waals surface area contributed by atoms with Crippen molar-refractivity contribution in [2.75, 3.05) is 33.8 Å². The second-order valence-corrected chi connectivity index (χ2v) is 7.25. The number of nitrogens with two attached hydrogens (primary N) is 1. The van der Waals surface area contributed by atoms with E-state index in [4.69, 9.17) is 14.9 Å². The van der Waals surface area contributed by atoms with Crippen molar-refractivity contribution in [3.8, 4) is 5.75 Å². The number of fused-ring (bicyclic) bond motifs is 1. The largest absolute Gasteiger partial charge is 0.492 e. The summed E-state index contributed by atoms with van der Waals surface area (Å²) in [7, 11) is 3.77. The SMILES string of the molecule is CN(C)C/C(=C\C(=O)N(O)CCOc1ccc(C(N)=O)cc1)c1cc2ccccc2o1. The summed E-state index contributed by atoms with van der Waals surface area (Å²) in [4.78, 5) is 25.5. The molecule has 0 atom stereocenters. The highest BCUT2D eigenvalue weighted by Crippen LogP contribution is 2.25. The third kappa shape index (κ3) is 5.94. The number of ether oxygens (including phenoxy) is 1. The van der Waals surface area contributed by atoms with Crippen LogP contribution in [-0.4, -0.2) is 60.8 Å².